The van der Waals surface area contributed by atoms with Crippen molar-refractivity contribution in [2.75, 3.05) is 0 Å². The van der Waals surface area contributed by atoms with E-state index in [1.54, 1.807) is 29.5 Å². The summed E-state index contributed by atoms with van der Waals surface area (Å²) in [5.74, 6) is 1.32. The first-order valence-electron chi connectivity index (χ1n) is 18.7. The zero-order valence-corrected chi connectivity index (χ0v) is 27.2. The third-order valence-electron chi connectivity index (χ3n) is 9.02. The Bertz CT molecular complexity index is 3150. The maximum atomic E-state index is 8.54. The second-order valence-corrected chi connectivity index (χ2v) is 13.1. The lowest BCUT2D eigenvalue weighted by atomic mass is 10.0. The Kier molecular flexibility index (Phi) is 5.54. The van der Waals surface area contributed by atoms with Crippen molar-refractivity contribution in [2.24, 2.45) is 0 Å². The standard InChI is InChI=1S/C45H27N3OS/c1-3-11-28(12-4-1)30-15-9-16-32(25-30)44-46-43(29-13-5-2-6-14-29)47-45(48-44)33-22-24-39-38(26-33)35-23-21-31(27-40(35)49-39)34-18-10-19-37-36-17-7-8-20-41(36)50-42(34)37/h1-27H/i1D,3D,4D,11D,12D. The third kappa shape index (κ3) is 4.87. The number of furan rings is 1. The fourth-order valence-electron chi connectivity index (χ4n) is 6.62. The number of fused-ring (bicyclic) bond motifs is 6. The molecule has 0 saturated carbocycles. The predicted octanol–water partition coefficient (Wildman–Crippen LogP) is 12.5. The number of hydrogen-bond acceptors (Lipinski definition) is 5. The molecular weight excluding hydrogens is 631 g/mol. The molecule has 0 atom stereocenters. The highest BCUT2D eigenvalue weighted by molar-refractivity contribution is 7.26. The molecule has 10 rings (SSSR count). The highest BCUT2D eigenvalue weighted by atomic mass is 32.1. The van der Waals surface area contributed by atoms with Gasteiger partial charge in [-0.15, -0.1) is 11.3 Å². The van der Waals surface area contributed by atoms with Crippen LogP contribution in [0.2, 0.25) is 0 Å². The maximum Gasteiger partial charge on any atom is 0.164 e. The van der Waals surface area contributed by atoms with Crippen LogP contribution in [-0.2, 0) is 0 Å². The molecule has 10 aromatic rings. The average Bonchev–Trinajstić information content (AvgIpc) is 3.80. The summed E-state index contributed by atoms with van der Waals surface area (Å²) in [7, 11) is 0. The SMILES string of the molecule is [2H]c1c([2H])c([2H])c(-c2cccc(-c3nc(-c4ccccc4)nc(-c4ccc5oc6cc(-c7cccc8c7sc7ccccc78)ccc6c5c4)n3)c2)c([2H])c1[2H]. The highest BCUT2D eigenvalue weighted by Crippen LogP contribution is 2.41. The first-order valence-corrected chi connectivity index (χ1v) is 17.0. The number of hydrogen-bond donors (Lipinski definition) is 0. The van der Waals surface area contributed by atoms with E-state index >= 15 is 0 Å². The Balaban J connectivity index is 1.09. The van der Waals surface area contributed by atoms with Crippen LogP contribution < -0.4 is 0 Å². The van der Waals surface area contributed by atoms with E-state index in [2.05, 4.69) is 60.7 Å². The summed E-state index contributed by atoms with van der Waals surface area (Å²) < 4.78 is 50.5. The van der Waals surface area contributed by atoms with Crippen molar-refractivity contribution in [3.63, 3.8) is 0 Å². The number of aromatic nitrogens is 3. The lowest BCUT2D eigenvalue weighted by Crippen LogP contribution is -2.00. The van der Waals surface area contributed by atoms with Crippen molar-refractivity contribution in [2.45, 2.75) is 0 Å². The van der Waals surface area contributed by atoms with Gasteiger partial charge in [0.2, 0.25) is 0 Å². The Morgan fingerprint density at radius 3 is 1.98 bits per heavy atom. The summed E-state index contributed by atoms with van der Waals surface area (Å²) in [6, 6.07) is 42.3. The van der Waals surface area contributed by atoms with Gasteiger partial charge in [-0.1, -0.05) is 121 Å². The molecule has 0 aliphatic heterocycles. The van der Waals surface area contributed by atoms with Gasteiger partial charge >= 0.3 is 0 Å². The van der Waals surface area contributed by atoms with Crippen LogP contribution in [-0.4, -0.2) is 15.0 Å². The average molecular weight is 663 g/mol. The van der Waals surface area contributed by atoms with Crippen molar-refractivity contribution in [1.82, 2.24) is 15.0 Å². The minimum absolute atomic E-state index is 0.117. The van der Waals surface area contributed by atoms with Crippen molar-refractivity contribution in [3.8, 4) is 56.4 Å². The van der Waals surface area contributed by atoms with Crippen LogP contribution in [0.3, 0.4) is 0 Å². The minimum Gasteiger partial charge on any atom is -0.456 e. The van der Waals surface area contributed by atoms with E-state index in [1.165, 1.54) is 25.7 Å². The van der Waals surface area contributed by atoms with Crippen LogP contribution in [0.1, 0.15) is 6.85 Å². The lowest BCUT2D eigenvalue weighted by Gasteiger charge is -2.10. The highest BCUT2D eigenvalue weighted by Gasteiger charge is 2.17. The first kappa shape index (κ1) is 23.8. The number of nitrogens with zero attached hydrogens (tertiary/aromatic N) is 3. The monoisotopic (exact) mass is 662 g/mol. The van der Waals surface area contributed by atoms with Crippen LogP contribution in [0.4, 0.5) is 0 Å². The van der Waals surface area contributed by atoms with Gasteiger partial charge < -0.3 is 4.42 Å². The molecule has 0 spiro atoms. The Morgan fingerprint density at radius 2 is 1.12 bits per heavy atom. The zero-order chi connectivity index (χ0) is 37.4. The lowest BCUT2D eigenvalue weighted by molar-refractivity contribution is 0.669. The normalized spacial score (nSPS) is 13.0. The van der Waals surface area contributed by atoms with Gasteiger partial charge in [-0.25, -0.2) is 15.0 Å². The van der Waals surface area contributed by atoms with Gasteiger partial charge in [-0.05, 0) is 64.7 Å². The molecule has 0 N–H and O–H groups in total. The van der Waals surface area contributed by atoms with E-state index in [9.17, 15) is 0 Å². The third-order valence-corrected chi connectivity index (χ3v) is 10.2. The Morgan fingerprint density at radius 1 is 0.440 bits per heavy atom. The second kappa shape index (κ2) is 11.6. The Labute approximate surface area is 299 Å². The van der Waals surface area contributed by atoms with Crippen LogP contribution in [0.25, 0.3) is 98.5 Å². The van der Waals surface area contributed by atoms with Gasteiger partial charge in [-0.3, -0.25) is 0 Å². The fourth-order valence-corrected chi connectivity index (χ4v) is 7.86. The van der Waals surface area contributed by atoms with E-state index in [1.807, 2.05) is 54.6 Å². The first-order chi connectivity index (χ1) is 26.8. The summed E-state index contributed by atoms with van der Waals surface area (Å²) in [6.45, 7) is 0. The summed E-state index contributed by atoms with van der Waals surface area (Å²) in [5.41, 5.74) is 6.57. The number of rotatable bonds is 5. The van der Waals surface area contributed by atoms with Crippen molar-refractivity contribution in [1.29, 1.82) is 0 Å². The van der Waals surface area contributed by atoms with Crippen LogP contribution in [0, 0.1) is 0 Å². The molecule has 0 amide bonds. The van der Waals surface area contributed by atoms with E-state index < -0.39 is 6.04 Å². The molecule has 0 saturated heterocycles. The fraction of sp³-hybridized carbons (Fsp3) is 0. The van der Waals surface area contributed by atoms with Gasteiger partial charge in [-0.2, -0.15) is 0 Å². The maximum absolute atomic E-state index is 8.54. The molecule has 3 aromatic heterocycles. The van der Waals surface area contributed by atoms with Crippen molar-refractivity contribution in [3.05, 3.63) is 164 Å². The molecule has 234 valence electrons. The van der Waals surface area contributed by atoms with Gasteiger partial charge in [0.25, 0.3) is 0 Å². The molecule has 50 heavy (non-hydrogen) atoms. The smallest absolute Gasteiger partial charge is 0.164 e. The van der Waals surface area contributed by atoms with Crippen molar-refractivity contribution >= 4 is 53.4 Å². The second-order valence-electron chi connectivity index (χ2n) is 12.1. The summed E-state index contributed by atoms with van der Waals surface area (Å²) >= 11 is 1.81. The summed E-state index contributed by atoms with van der Waals surface area (Å²) in [5, 5.41) is 4.43. The molecule has 3 heterocycles. The van der Waals surface area contributed by atoms with Gasteiger partial charge in [0.15, 0.2) is 17.5 Å². The molecule has 0 fully saturated rings. The molecule has 4 nitrogen and oxygen atoms in total. The molecule has 0 radical (unpaired) electrons. The molecule has 0 aliphatic carbocycles. The molecule has 5 heteroatoms. The minimum atomic E-state index is -0.433. The quantitative estimate of drug-likeness (QED) is 0.184. The van der Waals surface area contributed by atoms with E-state index in [4.69, 9.17) is 26.2 Å². The van der Waals surface area contributed by atoms with Gasteiger partial charge in [0.05, 0.1) is 6.85 Å². The van der Waals surface area contributed by atoms with E-state index in [0.29, 0.717) is 28.6 Å². The predicted molar refractivity (Wildman–Crippen MR) is 207 cm³/mol. The van der Waals surface area contributed by atoms with Crippen LogP contribution >= 0.6 is 11.3 Å². The van der Waals surface area contributed by atoms with Crippen LogP contribution in [0.15, 0.2) is 168 Å². The molecular formula is C45H27N3OS. The molecule has 7 aromatic carbocycles. The topological polar surface area (TPSA) is 51.8 Å². The van der Waals surface area contributed by atoms with Crippen LogP contribution in [0.5, 0.6) is 0 Å². The number of thiophene rings is 1. The number of benzene rings is 7. The van der Waals surface area contributed by atoms with Gasteiger partial charge in [0.1, 0.15) is 11.2 Å². The Hall–Kier alpha value is -6.43. The summed E-state index contributed by atoms with van der Waals surface area (Å²) in [6.07, 6.45) is 0. The molecule has 0 bridgehead atoms. The summed E-state index contributed by atoms with van der Waals surface area (Å²) in [4.78, 5) is 14.7. The van der Waals surface area contributed by atoms with Gasteiger partial charge in [0, 0.05) is 47.6 Å². The molecule has 0 aliphatic rings. The van der Waals surface area contributed by atoms with E-state index in [-0.39, 0.29) is 29.7 Å². The largest absolute Gasteiger partial charge is 0.456 e. The zero-order valence-electron chi connectivity index (χ0n) is 31.4. The van der Waals surface area contributed by atoms with E-state index in [0.717, 1.165) is 38.6 Å². The molecule has 0 unspecified atom stereocenters. The van der Waals surface area contributed by atoms with Crippen molar-refractivity contribution < 1.29 is 11.3 Å².